The number of ether oxygens (including phenoxy) is 1. The number of benzene rings is 3. The summed E-state index contributed by atoms with van der Waals surface area (Å²) in [4.78, 5) is 0. The SMILES string of the molecule is CNC(N)/C=C(\Nc1c(C)cc(C)cc1C)c1cccc(Oc2ccccc2)c1. The van der Waals surface area contributed by atoms with E-state index in [9.17, 15) is 0 Å². The minimum absolute atomic E-state index is 0.276. The number of nitrogens with one attached hydrogen (secondary N) is 2. The molecule has 0 heterocycles. The van der Waals surface area contributed by atoms with Gasteiger partial charge in [-0.05, 0) is 69.3 Å². The average Bonchev–Trinajstić information content (AvgIpc) is 2.70. The van der Waals surface area contributed by atoms with Gasteiger partial charge < -0.3 is 21.1 Å². The fourth-order valence-corrected chi connectivity index (χ4v) is 3.34. The highest BCUT2D eigenvalue weighted by Gasteiger charge is 2.10. The second-order valence-electron chi connectivity index (χ2n) is 7.24. The molecule has 3 rings (SSSR count). The van der Waals surface area contributed by atoms with Gasteiger partial charge in [-0.3, -0.25) is 0 Å². The van der Waals surface area contributed by atoms with Gasteiger partial charge in [0, 0.05) is 16.9 Å². The molecule has 0 aliphatic rings. The van der Waals surface area contributed by atoms with E-state index < -0.39 is 0 Å². The van der Waals surface area contributed by atoms with E-state index in [0.29, 0.717) is 0 Å². The number of hydrogen-bond donors (Lipinski definition) is 3. The summed E-state index contributed by atoms with van der Waals surface area (Å²) in [5.74, 6) is 1.58. The molecule has 0 fully saturated rings. The molecular weight excluding hydrogens is 358 g/mol. The standard InChI is InChI=1S/C25H29N3O/c1-17-13-18(2)25(19(3)14-17)28-23(16-24(26)27-4)20-9-8-12-22(15-20)29-21-10-6-5-7-11-21/h5-16,24,27-28H,26H2,1-4H3/b23-16-. The van der Waals surface area contributed by atoms with Gasteiger partial charge in [0.1, 0.15) is 11.5 Å². The summed E-state index contributed by atoms with van der Waals surface area (Å²) < 4.78 is 6.01. The second-order valence-corrected chi connectivity index (χ2v) is 7.24. The van der Waals surface area contributed by atoms with E-state index in [-0.39, 0.29) is 6.17 Å². The summed E-state index contributed by atoms with van der Waals surface area (Å²) in [5.41, 5.74) is 12.8. The zero-order chi connectivity index (χ0) is 20.8. The topological polar surface area (TPSA) is 59.3 Å². The molecule has 3 aromatic carbocycles. The summed E-state index contributed by atoms with van der Waals surface area (Å²) in [6.07, 6.45) is 1.71. The van der Waals surface area contributed by atoms with E-state index in [4.69, 9.17) is 10.5 Å². The zero-order valence-electron chi connectivity index (χ0n) is 17.5. The largest absolute Gasteiger partial charge is 0.457 e. The van der Waals surface area contributed by atoms with Gasteiger partial charge in [0.25, 0.3) is 0 Å². The molecule has 0 bridgehead atoms. The fourth-order valence-electron chi connectivity index (χ4n) is 3.34. The van der Waals surface area contributed by atoms with Crippen LogP contribution in [0.3, 0.4) is 0 Å². The molecule has 150 valence electrons. The Morgan fingerprint density at radius 2 is 1.55 bits per heavy atom. The number of rotatable bonds is 7. The molecule has 0 aliphatic heterocycles. The Hall–Kier alpha value is -3.08. The summed E-state index contributed by atoms with van der Waals surface area (Å²) in [6, 6.07) is 22.2. The Balaban J connectivity index is 1.96. The predicted octanol–water partition coefficient (Wildman–Crippen LogP) is 5.36. The van der Waals surface area contributed by atoms with Crippen LogP contribution in [-0.4, -0.2) is 13.2 Å². The number of nitrogens with two attached hydrogens (primary N) is 1. The molecule has 1 unspecified atom stereocenters. The molecule has 0 aromatic heterocycles. The highest BCUT2D eigenvalue weighted by atomic mass is 16.5. The highest BCUT2D eigenvalue weighted by molar-refractivity contribution is 5.80. The summed E-state index contributed by atoms with van der Waals surface area (Å²) in [6.45, 7) is 6.35. The molecule has 4 heteroatoms. The van der Waals surface area contributed by atoms with Crippen molar-refractivity contribution < 1.29 is 4.74 Å². The van der Waals surface area contributed by atoms with Gasteiger partial charge in [-0.1, -0.05) is 48.0 Å². The van der Waals surface area contributed by atoms with Crippen LogP contribution in [0.2, 0.25) is 0 Å². The van der Waals surface area contributed by atoms with Crippen LogP contribution >= 0.6 is 0 Å². The Morgan fingerprint density at radius 1 is 0.897 bits per heavy atom. The lowest BCUT2D eigenvalue weighted by molar-refractivity contribution is 0.482. The van der Waals surface area contributed by atoms with E-state index >= 15 is 0 Å². The lowest BCUT2D eigenvalue weighted by Gasteiger charge is -2.19. The second kappa shape index (κ2) is 9.41. The molecule has 3 aromatic rings. The number of likely N-dealkylation sites (N-methyl/N-ethyl adjacent to an activating group) is 1. The monoisotopic (exact) mass is 387 g/mol. The zero-order valence-corrected chi connectivity index (χ0v) is 17.5. The maximum atomic E-state index is 6.17. The third-order valence-electron chi connectivity index (χ3n) is 4.74. The molecule has 4 nitrogen and oxygen atoms in total. The third-order valence-corrected chi connectivity index (χ3v) is 4.74. The lowest BCUT2D eigenvalue weighted by atomic mass is 10.0. The number of hydrogen-bond acceptors (Lipinski definition) is 4. The Labute approximate surface area is 173 Å². The van der Waals surface area contributed by atoms with Crippen molar-refractivity contribution in [3.05, 3.63) is 95.1 Å². The van der Waals surface area contributed by atoms with E-state index in [0.717, 1.165) is 28.4 Å². The summed E-state index contributed by atoms with van der Waals surface area (Å²) in [7, 11) is 1.84. The van der Waals surface area contributed by atoms with Gasteiger partial charge in [0.2, 0.25) is 0 Å². The van der Waals surface area contributed by atoms with Crippen molar-refractivity contribution in [2.45, 2.75) is 26.9 Å². The fraction of sp³-hybridized carbons (Fsp3) is 0.200. The van der Waals surface area contributed by atoms with Crippen LogP contribution in [0.25, 0.3) is 5.70 Å². The molecule has 0 saturated carbocycles. The van der Waals surface area contributed by atoms with Crippen molar-refractivity contribution in [2.75, 3.05) is 12.4 Å². The van der Waals surface area contributed by atoms with Crippen LogP contribution < -0.4 is 21.1 Å². The molecule has 0 saturated heterocycles. The van der Waals surface area contributed by atoms with E-state index in [1.165, 1.54) is 16.7 Å². The average molecular weight is 388 g/mol. The van der Waals surface area contributed by atoms with Crippen LogP contribution in [0.5, 0.6) is 11.5 Å². The van der Waals surface area contributed by atoms with E-state index in [2.05, 4.69) is 49.6 Å². The smallest absolute Gasteiger partial charge is 0.128 e. The van der Waals surface area contributed by atoms with Crippen molar-refractivity contribution in [1.29, 1.82) is 0 Å². The first-order valence-electron chi connectivity index (χ1n) is 9.79. The maximum absolute atomic E-state index is 6.17. The third kappa shape index (κ3) is 5.47. The molecule has 29 heavy (non-hydrogen) atoms. The minimum Gasteiger partial charge on any atom is -0.457 e. The summed E-state index contributed by atoms with van der Waals surface area (Å²) >= 11 is 0. The van der Waals surface area contributed by atoms with Crippen LogP contribution in [0.1, 0.15) is 22.3 Å². The van der Waals surface area contributed by atoms with Crippen molar-refractivity contribution in [3.8, 4) is 11.5 Å². The molecule has 4 N–H and O–H groups in total. The highest BCUT2D eigenvalue weighted by Crippen LogP contribution is 2.29. The number of anilines is 1. The number of para-hydroxylation sites is 1. The molecule has 0 amide bonds. The van der Waals surface area contributed by atoms with E-state index in [1.54, 1.807) is 0 Å². The molecule has 0 spiro atoms. The van der Waals surface area contributed by atoms with Gasteiger partial charge in [-0.15, -0.1) is 0 Å². The van der Waals surface area contributed by atoms with Gasteiger partial charge in [-0.2, -0.15) is 0 Å². The van der Waals surface area contributed by atoms with Gasteiger partial charge in [0.15, 0.2) is 0 Å². The van der Waals surface area contributed by atoms with Gasteiger partial charge in [0.05, 0.1) is 6.17 Å². The summed E-state index contributed by atoms with van der Waals surface area (Å²) in [5, 5.41) is 6.67. The maximum Gasteiger partial charge on any atom is 0.128 e. The Morgan fingerprint density at radius 3 is 2.21 bits per heavy atom. The molecular formula is C25H29N3O. The molecule has 0 radical (unpaired) electrons. The normalized spacial score (nSPS) is 12.5. The molecule has 0 aliphatic carbocycles. The first kappa shape index (κ1) is 20.6. The van der Waals surface area contributed by atoms with Gasteiger partial charge >= 0.3 is 0 Å². The lowest BCUT2D eigenvalue weighted by Crippen LogP contribution is -2.32. The van der Waals surface area contributed by atoms with Crippen LogP contribution in [-0.2, 0) is 0 Å². The van der Waals surface area contributed by atoms with Crippen molar-refractivity contribution >= 4 is 11.4 Å². The first-order chi connectivity index (χ1) is 14.0. The van der Waals surface area contributed by atoms with Gasteiger partial charge in [-0.25, -0.2) is 0 Å². The van der Waals surface area contributed by atoms with Crippen molar-refractivity contribution in [2.24, 2.45) is 5.73 Å². The molecule has 1 atom stereocenters. The minimum atomic E-state index is -0.276. The Kier molecular flexibility index (Phi) is 6.70. The predicted molar refractivity (Wildman–Crippen MR) is 122 cm³/mol. The van der Waals surface area contributed by atoms with E-state index in [1.807, 2.05) is 61.7 Å². The Bertz CT molecular complexity index is 973. The van der Waals surface area contributed by atoms with Crippen LogP contribution in [0, 0.1) is 20.8 Å². The van der Waals surface area contributed by atoms with Crippen LogP contribution in [0.15, 0.2) is 72.8 Å². The van der Waals surface area contributed by atoms with Crippen molar-refractivity contribution in [1.82, 2.24) is 5.32 Å². The first-order valence-corrected chi connectivity index (χ1v) is 9.79. The quantitative estimate of drug-likeness (QED) is 0.478. The van der Waals surface area contributed by atoms with Crippen LogP contribution in [0.4, 0.5) is 5.69 Å². The van der Waals surface area contributed by atoms with Crippen molar-refractivity contribution in [3.63, 3.8) is 0 Å². The number of aryl methyl sites for hydroxylation is 3.